The minimum atomic E-state index is -0.455. The first-order valence-electron chi connectivity index (χ1n) is 8.95. The summed E-state index contributed by atoms with van der Waals surface area (Å²) < 4.78 is 5.92. The summed E-state index contributed by atoms with van der Waals surface area (Å²) in [6, 6.07) is 14.3. The Balaban J connectivity index is 1.79. The van der Waals surface area contributed by atoms with Gasteiger partial charge in [0, 0.05) is 37.6 Å². The van der Waals surface area contributed by atoms with Crippen molar-refractivity contribution < 1.29 is 14.9 Å². The van der Waals surface area contributed by atoms with Crippen molar-refractivity contribution in [2.75, 3.05) is 25.6 Å². The Labute approximate surface area is 160 Å². The molecule has 1 saturated heterocycles. The molecule has 1 fully saturated rings. The number of hydrogen-bond donors (Lipinski definition) is 2. The molecule has 0 amide bonds. The second-order valence-corrected chi connectivity index (χ2v) is 7.55. The van der Waals surface area contributed by atoms with Crippen LogP contribution in [0.25, 0.3) is 0 Å². The zero-order valence-electron chi connectivity index (χ0n) is 15.2. The number of nitrogens with zero attached hydrogens (tertiary/aromatic N) is 1. The lowest BCUT2D eigenvalue weighted by atomic mass is 9.94. The van der Waals surface area contributed by atoms with E-state index in [2.05, 4.69) is 35.2 Å². The fourth-order valence-electron chi connectivity index (χ4n) is 3.38. The van der Waals surface area contributed by atoms with Crippen molar-refractivity contribution in [3.8, 4) is 0 Å². The molecule has 0 spiro atoms. The normalized spacial score (nSPS) is 23.0. The number of aliphatic hydroxyl groups is 2. The maximum absolute atomic E-state index is 10.1. The molecule has 2 N–H and O–H groups in total. The van der Waals surface area contributed by atoms with E-state index in [1.54, 1.807) is 0 Å². The molecule has 5 heteroatoms. The van der Waals surface area contributed by atoms with Crippen molar-refractivity contribution in [3.63, 3.8) is 0 Å². The highest BCUT2D eigenvalue weighted by atomic mass is 35.5. The summed E-state index contributed by atoms with van der Waals surface area (Å²) in [5.74, 6) is 0. The van der Waals surface area contributed by atoms with Gasteiger partial charge in [0.1, 0.15) is 0 Å². The molecule has 2 aromatic carbocycles. The Bertz CT molecular complexity index is 733. The average Bonchev–Trinajstić information content (AvgIpc) is 2.63. The summed E-state index contributed by atoms with van der Waals surface area (Å²) in [6.45, 7) is -0.0772. The molecule has 140 valence electrons. The second kappa shape index (κ2) is 8.40. The van der Waals surface area contributed by atoms with Gasteiger partial charge in [0.15, 0.2) is 0 Å². The maximum Gasteiger partial charge on any atom is 0.0854 e. The first kappa shape index (κ1) is 19.2. The predicted molar refractivity (Wildman–Crippen MR) is 105 cm³/mol. The summed E-state index contributed by atoms with van der Waals surface area (Å²) in [4.78, 5) is 2.07. The molecule has 2 aromatic rings. The third-order valence-electron chi connectivity index (χ3n) is 4.87. The molecule has 3 unspecified atom stereocenters. The van der Waals surface area contributed by atoms with E-state index < -0.39 is 6.10 Å². The molecule has 26 heavy (non-hydrogen) atoms. The van der Waals surface area contributed by atoms with Crippen molar-refractivity contribution >= 4 is 17.3 Å². The maximum atomic E-state index is 10.1. The highest BCUT2D eigenvalue weighted by molar-refractivity contribution is 6.31. The van der Waals surface area contributed by atoms with E-state index in [0.29, 0.717) is 12.8 Å². The molecule has 1 heterocycles. The first-order chi connectivity index (χ1) is 12.5. The summed E-state index contributed by atoms with van der Waals surface area (Å²) >= 11 is 6.41. The molecule has 3 atom stereocenters. The molecule has 0 aliphatic carbocycles. The van der Waals surface area contributed by atoms with Gasteiger partial charge in [-0.1, -0.05) is 35.9 Å². The third-order valence-corrected chi connectivity index (χ3v) is 5.24. The van der Waals surface area contributed by atoms with Gasteiger partial charge in [-0.05, 0) is 41.3 Å². The lowest BCUT2D eigenvalue weighted by Crippen LogP contribution is -2.33. The number of rotatable bonds is 5. The molecule has 3 rings (SSSR count). The minimum Gasteiger partial charge on any atom is -0.394 e. The Morgan fingerprint density at radius 1 is 1.12 bits per heavy atom. The number of ether oxygens (including phenoxy) is 1. The predicted octanol–water partition coefficient (Wildman–Crippen LogP) is 3.57. The van der Waals surface area contributed by atoms with Gasteiger partial charge in [0.25, 0.3) is 0 Å². The van der Waals surface area contributed by atoms with Crippen LogP contribution in [0.1, 0.15) is 35.6 Å². The first-order valence-corrected chi connectivity index (χ1v) is 9.33. The van der Waals surface area contributed by atoms with Crippen LogP contribution in [-0.4, -0.2) is 43.1 Å². The van der Waals surface area contributed by atoms with E-state index in [-0.39, 0.29) is 18.8 Å². The summed E-state index contributed by atoms with van der Waals surface area (Å²) in [5.41, 5.74) is 4.37. The zero-order chi connectivity index (χ0) is 18.7. The quantitative estimate of drug-likeness (QED) is 0.838. The molecule has 4 nitrogen and oxygen atoms in total. The molecule has 0 radical (unpaired) electrons. The summed E-state index contributed by atoms with van der Waals surface area (Å²) in [7, 11) is 4.04. The van der Waals surface area contributed by atoms with Gasteiger partial charge in [0.2, 0.25) is 0 Å². The Morgan fingerprint density at radius 2 is 1.85 bits per heavy atom. The molecule has 1 aliphatic heterocycles. The Kier molecular flexibility index (Phi) is 6.20. The van der Waals surface area contributed by atoms with Crippen LogP contribution in [0.15, 0.2) is 42.5 Å². The van der Waals surface area contributed by atoms with Crippen LogP contribution in [0.3, 0.4) is 0 Å². The van der Waals surface area contributed by atoms with Gasteiger partial charge in [0.05, 0.1) is 24.9 Å². The Morgan fingerprint density at radius 3 is 2.50 bits per heavy atom. The number of hydrogen-bond acceptors (Lipinski definition) is 4. The highest BCUT2D eigenvalue weighted by Gasteiger charge is 2.29. The molecule has 0 bridgehead atoms. The molecule has 1 aliphatic rings. The van der Waals surface area contributed by atoms with Gasteiger partial charge in [-0.3, -0.25) is 0 Å². The van der Waals surface area contributed by atoms with Crippen molar-refractivity contribution in [2.24, 2.45) is 0 Å². The van der Waals surface area contributed by atoms with Crippen molar-refractivity contribution in [1.29, 1.82) is 0 Å². The topological polar surface area (TPSA) is 52.9 Å². The van der Waals surface area contributed by atoms with Gasteiger partial charge >= 0.3 is 0 Å². The van der Waals surface area contributed by atoms with Crippen LogP contribution in [0.2, 0.25) is 5.02 Å². The largest absolute Gasteiger partial charge is 0.394 e. The van der Waals surface area contributed by atoms with Crippen LogP contribution < -0.4 is 4.90 Å². The van der Waals surface area contributed by atoms with Gasteiger partial charge in [-0.2, -0.15) is 0 Å². The summed E-state index contributed by atoms with van der Waals surface area (Å²) in [5, 5.41) is 20.1. The molecular formula is C21H26ClNO3. The van der Waals surface area contributed by atoms with Crippen LogP contribution in [0.5, 0.6) is 0 Å². The van der Waals surface area contributed by atoms with E-state index >= 15 is 0 Å². The van der Waals surface area contributed by atoms with Crippen molar-refractivity contribution in [2.45, 2.75) is 37.6 Å². The van der Waals surface area contributed by atoms with Crippen LogP contribution in [-0.2, 0) is 11.2 Å². The number of benzene rings is 2. The average molecular weight is 376 g/mol. The molecular weight excluding hydrogens is 350 g/mol. The Hall–Kier alpha value is -1.59. The van der Waals surface area contributed by atoms with Gasteiger partial charge < -0.3 is 19.8 Å². The second-order valence-electron chi connectivity index (χ2n) is 7.14. The fraction of sp³-hybridized carbons (Fsp3) is 0.429. The number of aliphatic hydroxyl groups excluding tert-OH is 2. The van der Waals surface area contributed by atoms with Gasteiger partial charge in [-0.25, -0.2) is 0 Å². The SMILES string of the molecule is CN(C)c1ccc(Cc2cc(C3CC(O)CC(CO)O3)ccc2Cl)cc1. The zero-order valence-corrected chi connectivity index (χ0v) is 16.0. The molecule has 0 aromatic heterocycles. The van der Waals surface area contributed by atoms with Crippen molar-refractivity contribution in [3.05, 3.63) is 64.2 Å². The number of anilines is 1. The van der Waals surface area contributed by atoms with E-state index in [4.69, 9.17) is 16.3 Å². The lowest BCUT2D eigenvalue weighted by molar-refractivity contribution is -0.113. The fourth-order valence-corrected chi connectivity index (χ4v) is 3.57. The van der Waals surface area contributed by atoms with E-state index in [1.807, 2.05) is 26.2 Å². The smallest absolute Gasteiger partial charge is 0.0854 e. The van der Waals surface area contributed by atoms with Crippen LogP contribution in [0, 0.1) is 0 Å². The van der Waals surface area contributed by atoms with E-state index in [0.717, 1.165) is 28.3 Å². The third kappa shape index (κ3) is 4.57. The van der Waals surface area contributed by atoms with Crippen molar-refractivity contribution in [1.82, 2.24) is 0 Å². The van der Waals surface area contributed by atoms with E-state index in [1.165, 1.54) is 5.56 Å². The minimum absolute atomic E-state index is 0.0772. The van der Waals surface area contributed by atoms with Crippen LogP contribution >= 0.6 is 11.6 Å². The summed E-state index contributed by atoms with van der Waals surface area (Å²) in [6.07, 6.45) is 0.757. The lowest BCUT2D eigenvalue weighted by Gasteiger charge is -2.32. The number of halogens is 1. The van der Waals surface area contributed by atoms with E-state index in [9.17, 15) is 10.2 Å². The standard InChI is InChI=1S/C21H26ClNO3/c1-23(2)17-6-3-14(4-7-17)9-16-10-15(5-8-20(16)22)21-12-18(25)11-19(13-24)26-21/h3-8,10,18-19,21,24-25H,9,11-13H2,1-2H3. The molecule has 0 saturated carbocycles. The monoisotopic (exact) mass is 375 g/mol. The van der Waals surface area contributed by atoms with Gasteiger partial charge in [-0.15, -0.1) is 0 Å². The highest BCUT2D eigenvalue weighted by Crippen LogP contribution is 2.33. The van der Waals surface area contributed by atoms with Crippen LogP contribution in [0.4, 0.5) is 5.69 Å².